The van der Waals surface area contributed by atoms with Crippen LogP contribution in [0.15, 0.2) is 42.6 Å². The van der Waals surface area contributed by atoms with Gasteiger partial charge in [-0.3, -0.25) is 19.8 Å². The fourth-order valence-corrected chi connectivity index (χ4v) is 3.64. The van der Waals surface area contributed by atoms with Gasteiger partial charge in [-0.05, 0) is 39.0 Å². The van der Waals surface area contributed by atoms with Crippen LogP contribution in [-0.2, 0) is 14.3 Å². The normalized spacial score (nSPS) is 16.3. The molecule has 36 heavy (non-hydrogen) atoms. The van der Waals surface area contributed by atoms with Gasteiger partial charge in [0.05, 0.1) is 6.54 Å². The van der Waals surface area contributed by atoms with E-state index in [1.807, 2.05) is 0 Å². The van der Waals surface area contributed by atoms with Crippen molar-refractivity contribution in [3.05, 3.63) is 42.6 Å². The molecule has 3 heterocycles. The maximum atomic E-state index is 12.9. The molecule has 0 aliphatic carbocycles. The number of carbonyl (C=O) groups is 3. The Morgan fingerprint density at radius 1 is 1.11 bits per heavy atom. The van der Waals surface area contributed by atoms with Gasteiger partial charge in [0.15, 0.2) is 11.4 Å². The number of para-hydroxylation sites is 1. The lowest BCUT2D eigenvalue weighted by Gasteiger charge is -2.27. The van der Waals surface area contributed by atoms with Crippen LogP contribution in [-0.4, -0.2) is 61.8 Å². The topological polar surface area (TPSA) is 115 Å². The number of likely N-dealkylation sites (tertiary alicyclic amines) is 1. The van der Waals surface area contributed by atoms with Gasteiger partial charge in [-0.25, -0.2) is 9.31 Å². The van der Waals surface area contributed by atoms with Gasteiger partial charge in [-0.15, -0.1) is 18.3 Å². The summed E-state index contributed by atoms with van der Waals surface area (Å²) >= 11 is 0. The Balaban J connectivity index is 1.55. The number of Topliss-reactive ketones (excluding diaryl/α,β-unsaturated/α-hetero) is 1. The fourth-order valence-electron chi connectivity index (χ4n) is 3.64. The second-order valence-corrected chi connectivity index (χ2v) is 9.06. The van der Waals surface area contributed by atoms with Crippen molar-refractivity contribution in [2.75, 3.05) is 11.9 Å². The molecule has 0 radical (unpaired) electrons. The molecule has 1 aromatic carbocycles. The molecule has 3 aromatic rings. The van der Waals surface area contributed by atoms with E-state index in [1.54, 1.807) is 26.8 Å². The molecule has 0 unspecified atom stereocenters. The highest BCUT2D eigenvalue weighted by atomic mass is 19.4. The lowest BCUT2D eigenvalue weighted by molar-refractivity contribution is -0.274. The molecular weight excluding hydrogens is 483 g/mol. The predicted octanol–water partition coefficient (Wildman–Crippen LogP) is 3.81. The fraction of sp³-hybridized carbons (Fsp3) is 0.348. The first-order chi connectivity index (χ1) is 16.8. The highest BCUT2D eigenvalue weighted by molar-refractivity contribution is 6.02. The van der Waals surface area contributed by atoms with E-state index >= 15 is 0 Å². The van der Waals surface area contributed by atoms with Crippen LogP contribution < -0.4 is 10.1 Å². The van der Waals surface area contributed by atoms with E-state index in [4.69, 9.17) is 4.74 Å². The van der Waals surface area contributed by atoms with Crippen LogP contribution in [0.3, 0.4) is 0 Å². The number of nitrogens with zero attached hydrogens (tertiary/aromatic N) is 4. The number of nitrogens with one attached hydrogen (secondary N) is 1. The molecule has 13 heteroatoms. The van der Waals surface area contributed by atoms with Crippen molar-refractivity contribution >= 4 is 29.4 Å². The summed E-state index contributed by atoms with van der Waals surface area (Å²) in [5.74, 6) is -1.47. The van der Waals surface area contributed by atoms with E-state index in [0.717, 1.165) is 4.90 Å². The predicted molar refractivity (Wildman–Crippen MR) is 120 cm³/mol. The standard InChI is InChI=1S/C23H22F3N5O5/c1-22(2,3)36-21(34)30-12-14(32)10-16(30)19(33)28-20-27-18-9-8-13(11-31(18)29-20)15-6-4-5-7-17(15)35-23(24,25)26/h4-9,11,16H,10,12H2,1-3H3,(H,28,29,33)/t16-/m1/s1. The van der Waals surface area contributed by atoms with Gasteiger partial charge in [-0.1, -0.05) is 18.2 Å². The first-order valence-corrected chi connectivity index (χ1v) is 10.8. The molecule has 2 aromatic heterocycles. The zero-order chi connectivity index (χ0) is 26.3. The Hall–Kier alpha value is -4.16. The summed E-state index contributed by atoms with van der Waals surface area (Å²) in [7, 11) is 0. The van der Waals surface area contributed by atoms with Crippen LogP contribution in [0.4, 0.5) is 23.9 Å². The zero-order valence-corrected chi connectivity index (χ0v) is 19.5. The molecule has 4 rings (SSSR count). The van der Waals surface area contributed by atoms with Gasteiger partial charge in [0.25, 0.3) is 0 Å². The first kappa shape index (κ1) is 24.9. The lowest BCUT2D eigenvalue weighted by Crippen LogP contribution is -2.45. The number of hydrogen-bond acceptors (Lipinski definition) is 7. The molecule has 0 saturated carbocycles. The number of ketones is 1. The Bertz CT molecular complexity index is 1330. The number of alkyl halides is 3. The molecule has 1 aliphatic heterocycles. The van der Waals surface area contributed by atoms with Gasteiger partial charge in [0.2, 0.25) is 11.9 Å². The SMILES string of the molecule is CC(C)(C)OC(=O)N1CC(=O)C[C@@H]1C(=O)Nc1nc2ccc(-c3ccccc3OC(F)(F)F)cn2n1. The number of aromatic nitrogens is 3. The summed E-state index contributed by atoms with van der Waals surface area (Å²) in [5, 5.41) is 6.64. The number of pyridine rings is 1. The van der Waals surface area contributed by atoms with Gasteiger partial charge in [-0.2, -0.15) is 4.98 Å². The minimum absolute atomic E-state index is 0.111. The van der Waals surface area contributed by atoms with E-state index in [-0.39, 0.29) is 36.0 Å². The molecule has 10 nitrogen and oxygen atoms in total. The second kappa shape index (κ2) is 9.13. The molecule has 190 valence electrons. The summed E-state index contributed by atoms with van der Waals surface area (Å²) in [6.45, 7) is 4.75. The zero-order valence-electron chi connectivity index (χ0n) is 19.5. The maximum absolute atomic E-state index is 12.9. The van der Waals surface area contributed by atoms with Crippen LogP contribution in [0.25, 0.3) is 16.8 Å². The van der Waals surface area contributed by atoms with Crippen LogP contribution in [0, 0.1) is 0 Å². The van der Waals surface area contributed by atoms with E-state index in [1.165, 1.54) is 41.0 Å². The van der Waals surface area contributed by atoms with Crippen molar-refractivity contribution < 1.29 is 37.0 Å². The minimum atomic E-state index is -4.86. The molecular formula is C23H22F3N5O5. The molecule has 0 spiro atoms. The molecule has 2 amide bonds. The van der Waals surface area contributed by atoms with Crippen molar-refractivity contribution in [2.24, 2.45) is 0 Å². The van der Waals surface area contributed by atoms with Crippen LogP contribution in [0.5, 0.6) is 5.75 Å². The number of anilines is 1. The summed E-state index contributed by atoms with van der Waals surface area (Å²) < 4.78 is 49.0. The number of halogens is 3. The van der Waals surface area contributed by atoms with E-state index in [2.05, 4.69) is 20.1 Å². The number of ether oxygens (including phenoxy) is 2. The third-order valence-corrected chi connectivity index (χ3v) is 5.06. The molecule has 1 fully saturated rings. The number of carbonyl (C=O) groups excluding carboxylic acids is 3. The number of rotatable bonds is 4. The maximum Gasteiger partial charge on any atom is 0.573 e. The van der Waals surface area contributed by atoms with Gasteiger partial charge in [0, 0.05) is 23.7 Å². The van der Waals surface area contributed by atoms with Crippen LogP contribution >= 0.6 is 0 Å². The van der Waals surface area contributed by atoms with E-state index in [0.29, 0.717) is 11.2 Å². The van der Waals surface area contributed by atoms with Crippen molar-refractivity contribution in [3.63, 3.8) is 0 Å². The molecule has 1 N–H and O–H groups in total. The highest BCUT2D eigenvalue weighted by Gasteiger charge is 2.41. The number of hydrogen-bond donors (Lipinski definition) is 1. The van der Waals surface area contributed by atoms with Crippen LogP contribution in [0.2, 0.25) is 0 Å². The summed E-state index contributed by atoms with van der Waals surface area (Å²) in [6, 6.07) is 7.59. The summed E-state index contributed by atoms with van der Waals surface area (Å²) in [5.41, 5.74) is 0.0293. The Kier molecular flexibility index (Phi) is 6.33. The van der Waals surface area contributed by atoms with Gasteiger partial charge in [0.1, 0.15) is 17.4 Å². The smallest absolute Gasteiger partial charge is 0.444 e. The first-order valence-electron chi connectivity index (χ1n) is 10.8. The lowest BCUT2D eigenvalue weighted by atomic mass is 10.1. The quantitative estimate of drug-likeness (QED) is 0.573. The second-order valence-electron chi connectivity index (χ2n) is 9.06. The Morgan fingerprint density at radius 3 is 2.53 bits per heavy atom. The van der Waals surface area contributed by atoms with Gasteiger partial charge < -0.3 is 9.47 Å². The van der Waals surface area contributed by atoms with Crippen LogP contribution in [0.1, 0.15) is 27.2 Å². The van der Waals surface area contributed by atoms with Crippen molar-refractivity contribution in [2.45, 2.75) is 45.2 Å². The Morgan fingerprint density at radius 2 is 1.83 bits per heavy atom. The summed E-state index contributed by atoms with van der Waals surface area (Å²) in [4.78, 5) is 42.5. The number of amides is 2. The van der Waals surface area contributed by atoms with Crippen molar-refractivity contribution in [3.8, 4) is 16.9 Å². The average molecular weight is 505 g/mol. The van der Waals surface area contributed by atoms with Gasteiger partial charge >= 0.3 is 12.5 Å². The average Bonchev–Trinajstić information content (AvgIpc) is 3.34. The molecule has 1 atom stereocenters. The number of benzene rings is 1. The minimum Gasteiger partial charge on any atom is -0.444 e. The molecule has 0 bridgehead atoms. The highest BCUT2D eigenvalue weighted by Crippen LogP contribution is 2.33. The van der Waals surface area contributed by atoms with Crippen molar-refractivity contribution in [1.82, 2.24) is 19.5 Å². The Labute approximate surface area is 203 Å². The third-order valence-electron chi connectivity index (χ3n) is 5.06. The van der Waals surface area contributed by atoms with Crippen molar-refractivity contribution in [1.29, 1.82) is 0 Å². The largest absolute Gasteiger partial charge is 0.573 e. The molecule has 1 saturated heterocycles. The number of fused-ring (bicyclic) bond motifs is 1. The summed E-state index contributed by atoms with van der Waals surface area (Å²) in [6.07, 6.45) is -4.40. The van der Waals surface area contributed by atoms with E-state index in [9.17, 15) is 27.6 Å². The van der Waals surface area contributed by atoms with E-state index < -0.39 is 30.0 Å². The third kappa shape index (κ3) is 5.73. The monoisotopic (exact) mass is 505 g/mol. The molecule has 1 aliphatic rings.